The molecule has 1 aliphatic rings. The second-order valence-corrected chi connectivity index (χ2v) is 8.89. The molecule has 5 rings (SSSR count). The minimum absolute atomic E-state index is 0.391. The van der Waals surface area contributed by atoms with Gasteiger partial charge in [-0.25, -0.2) is 4.98 Å². The van der Waals surface area contributed by atoms with Gasteiger partial charge in [0.2, 0.25) is 11.8 Å². The number of ether oxygens (including phenoxy) is 2. The zero-order chi connectivity index (χ0) is 24.2. The van der Waals surface area contributed by atoms with Crippen molar-refractivity contribution in [2.75, 3.05) is 26.7 Å². The van der Waals surface area contributed by atoms with Gasteiger partial charge in [-0.2, -0.15) is 0 Å². The van der Waals surface area contributed by atoms with Crippen molar-refractivity contribution in [2.24, 2.45) is 5.73 Å². The molecule has 0 bridgehead atoms. The van der Waals surface area contributed by atoms with Crippen LogP contribution >= 0.6 is 0 Å². The van der Waals surface area contributed by atoms with Gasteiger partial charge in [-0.1, -0.05) is 18.2 Å². The van der Waals surface area contributed by atoms with Crippen LogP contribution in [-0.2, 0) is 6.42 Å². The molecule has 7 nitrogen and oxygen atoms in total. The standard InChI is InChI=1S/C28H30N4O3/c1-34-25-5-4-6-26(35-27-7-2-3-14-30-27)23(25)13-17-31-15-11-22(12-16-31)32-18-10-20-8-9-21(28(29)33)19-24(20)32/h2-10,14,18-19,22H,11-13,15-17H2,1H3,(H2,29,33). The summed E-state index contributed by atoms with van der Waals surface area (Å²) in [6, 6.07) is 19.7. The molecule has 35 heavy (non-hydrogen) atoms. The first-order valence-electron chi connectivity index (χ1n) is 12.0. The van der Waals surface area contributed by atoms with Gasteiger partial charge in [-0.3, -0.25) is 4.79 Å². The van der Waals surface area contributed by atoms with Crippen LogP contribution in [0.3, 0.4) is 0 Å². The van der Waals surface area contributed by atoms with Crippen LogP contribution in [0.25, 0.3) is 10.9 Å². The third-order valence-corrected chi connectivity index (χ3v) is 6.80. The Bertz CT molecular complexity index is 1310. The Balaban J connectivity index is 1.25. The van der Waals surface area contributed by atoms with E-state index in [1.54, 1.807) is 19.4 Å². The molecular weight excluding hydrogens is 440 g/mol. The summed E-state index contributed by atoms with van der Waals surface area (Å²) in [5.74, 6) is 1.79. The largest absolute Gasteiger partial charge is 0.496 e. The number of carbonyl (C=O) groups is 1. The number of carbonyl (C=O) groups excluding carboxylic acids is 1. The molecule has 1 aliphatic heterocycles. The van der Waals surface area contributed by atoms with Gasteiger partial charge in [0.05, 0.1) is 7.11 Å². The normalized spacial score (nSPS) is 14.8. The molecule has 2 aromatic carbocycles. The van der Waals surface area contributed by atoms with Crippen LogP contribution in [0.2, 0.25) is 0 Å². The minimum atomic E-state index is -0.391. The number of primary amides is 1. The maximum absolute atomic E-state index is 11.6. The van der Waals surface area contributed by atoms with Crippen LogP contribution in [0.4, 0.5) is 0 Å². The highest BCUT2D eigenvalue weighted by Crippen LogP contribution is 2.33. The van der Waals surface area contributed by atoms with Gasteiger partial charge < -0.3 is 24.7 Å². The van der Waals surface area contributed by atoms with Crippen molar-refractivity contribution in [3.8, 4) is 17.4 Å². The number of benzene rings is 2. The van der Waals surface area contributed by atoms with Crippen molar-refractivity contribution >= 4 is 16.8 Å². The van der Waals surface area contributed by atoms with Gasteiger partial charge in [0.25, 0.3) is 0 Å². The number of likely N-dealkylation sites (tertiary alicyclic amines) is 1. The second kappa shape index (κ2) is 10.2. The van der Waals surface area contributed by atoms with Crippen molar-refractivity contribution in [3.63, 3.8) is 0 Å². The van der Waals surface area contributed by atoms with Crippen LogP contribution in [-0.4, -0.2) is 47.1 Å². The molecule has 0 aliphatic carbocycles. The molecule has 180 valence electrons. The highest BCUT2D eigenvalue weighted by Gasteiger charge is 2.22. The highest BCUT2D eigenvalue weighted by atomic mass is 16.5. The number of hydrogen-bond donors (Lipinski definition) is 1. The average Bonchev–Trinajstić information content (AvgIpc) is 3.32. The lowest BCUT2D eigenvalue weighted by molar-refractivity contribution is 0.100. The van der Waals surface area contributed by atoms with E-state index in [4.69, 9.17) is 15.2 Å². The summed E-state index contributed by atoms with van der Waals surface area (Å²) in [5.41, 5.74) is 8.18. The SMILES string of the molecule is COc1cccc(Oc2ccccn2)c1CCN1CCC(n2ccc3ccc(C(N)=O)cc32)CC1. The van der Waals surface area contributed by atoms with Gasteiger partial charge in [-0.05, 0) is 61.0 Å². The van der Waals surface area contributed by atoms with Crippen molar-refractivity contribution in [3.05, 3.63) is 84.2 Å². The molecule has 0 atom stereocenters. The Morgan fingerprint density at radius 3 is 2.63 bits per heavy atom. The molecule has 0 radical (unpaired) electrons. The van der Waals surface area contributed by atoms with E-state index < -0.39 is 5.91 Å². The predicted octanol–water partition coefficient (Wildman–Crippen LogP) is 4.82. The molecule has 1 amide bonds. The van der Waals surface area contributed by atoms with Crippen LogP contribution in [0.15, 0.2) is 73.1 Å². The Hall–Kier alpha value is -3.84. The summed E-state index contributed by atoms with van der Waals surface area (Å²) in [5, 5.41) is 1.13. The first kappa shape index (κ1) is 22.9. The minimum Gasteiger partial charge on any atom is -0.496 e. The first-order valence-corrected chi connectivity index (χ1v) is 12.0. The molecule has 1 fully saturated rings. The molecule has 4 aromatic rings. The van der Waals surface area contributed by atoms with Gasteiger partial charge >= 0.3 is 0 Å². The number of methoxy groups -OCH3 is 1. The predicted molar refractivity (Wildman–Crippen MR) is 136 cm³/mol. The molecule has 1 saturated heterocycles. The van der Waals surface area contributed by atoms with E-state index in [9.17, 15) is 4.79 Å². The van der Waals surface area contributed by atoms with Crippen LogP contribution in [0.5, 0.6) is 17.4 Å². The van der Waals surface area contributed by atoms with Crippen molar-refractivity contribution in [1.82, 2.24) is 14.5 Å². The summed E-state index contributed by atoms with van der Waals surface area (Å²) in [6.07, 6.45) is 6.78. The molecular formula is C28H30N4O3. The average molecular weight is 471 g/mol. The number of fused-ring (bicyclic) bond motifs is 1. The molecule has 2 aromatic heterocycles. The van der Waals surface area contributed by atoms with Crippen molar-refractivity contribution in [1.29, 1.82) is 0 Å². The zero-order valence-electron chi connectivity index (χ0n) is 19.9. The summed E-state index contributed by atoms with van der Waals surface area (Å²) >= 11 is 0. The number of rotatable bonds is 8. The molecule has 7 heteroatoms. The van der Waals surface area contributed by atoms with Crippen molar-refractivity contribution in [2.45, 2.75) is 25.3 Å². The van der Waals surface area contributed by atoms with Gasteiger partial charge in [0.1, 0.15) is 11.5 Å². The number of pyridine rings is 1. The quantitative estimate of drug-likeness (QED) is 0.399. The third-order valence-electron chi connectivity index (χ3n) is 6.80. The Kier molecular flexibility index (Phi) is 6.68. The lowest BCUT2D eigenvalue weighted by Crippen LogP contribution is -2.35. The van der Waals surface area contributed by atoms with E-state index in [1.165, 1.54) is 0 Å². The monoisotopic (exact) mass is 470 g/mol. The van der Waals surface area contributed by atoms with Gasteiger partial charge in [-0.15, -0.1) is 0 Å². The van der Waals surface area contributed by atoms with E-state index in [2.05, 4.69) is 26.7 Å². The Labute approximate surface area is 205 Å². The first-order chi connectivity index (χ1) is 17.1. The topological polar surface area (TPSA) is 82.6 Å². The number of nitrogens with two attached hydrogens (primary N) is 1. The highest BCUT2D eigenvalue weighted by molar-refractivity contribution is 5.97. The van der Waals surface area contributed by atoms with Gasteiger partial charge in [0, 0.05) is 60.8 Å². The molecule has 0 spiro atoms. The molecule has 3 heterocycles. The lowest BCUT2D eigenvalue weighted by Gasteiger charge is -2.33. The van der Waals surface area contributed by atoms with E-state index in [1.807, 2.05) is 48.5 Å². The van der Waals surface area contributed by atoms with E-state index in [0.29, 0.717) is 17.5 Å². The molecule has 2 N–H and O–H groups in total. The smallest absolute Gasteiger partial charge is 0.248 e. The van der Waals surface area contributed by atoms with E-state index in [-0.39, 0.29) is 0 Å². The number of amides is 1. The fraction of sp³-hybridized carbons (Fsp3) is 0.286. The maximum Gasteiger partial charge on any atom is 0.248 e. The number of aromatic nitrogens is 2. The summed E-state index contributed by atoms with van der Waals surface area (Å²) in [7, 11) is 1.69. The van der Waals surface area contributed by atoms with E-state index >= 15 is 0 Å². The number of hydrogen-bond acceptors (Lipinski definition) is 5. The van der Waals surface area contributed by atoms with Crippen LogP contribution in [0, 0.1) is 0 Å². The second-order valence-electron chi connectivity index (χ2n) is 8.89. The fourth-order valence-corrected chi connectivity index (χ4v) is 4.91. The summed E-state index contributed by atoms with van der Waals surface area (Å²) in [4.78, 5) is 18.4. The van der Waals surface area contributed by atoms with E-state index in [0.717, 1.165) is 66.9 Å². The summed E-state index contributed by atoms with van der Waals surface area (Å²) < 4.78 is 14.0. The number of piperidine rings is 1. The molecule has 0 saturated carbocycles. The lowest BCUT2D eigenvalue weighted by atomic mass is 10.0. The third kappa shape index (κ3) is 5.00. The Morgan fingerprint density at radius 2 is 1.89 bits per heavy atom. The Morgan fingerprint density at radius 1 is 1.06 bits per heavy atom. The number of nitrogens with zero attached hydrogens (tertiary/aromatic N) is 3. The van der Waals surface area contributed by atoms with Crippen LogP contribution < -0.4 is 15.2 Å². The zero-order valence-corrected chi connectivity index (χ0v) is 19.9. The van der Waals surface area contributed by atoms with Crippen molar-refractivity contribution < 1.29 is 14.3 Å². The van der Waals surface area contributed by atoms with Crippen LogP contribution in [0.1, 0.15) is 34.8 Å². The maximum atomic E-state index is 11.6. The molecule has 0 unspecified atom stereocenters. The van der Waals surface area contributed by atoms with Gasteiger partial charge in [0.15, 0.2) is 0 Å². The summed E-state index contributed by atoms with van der Waals surface area (Å²) in [6.45, 7) is 2.93. The fourth-order valence-electron chi connectivity index (χ4n) is 4.91.